The lowest BCUT2D eigenvalue weighted by Gasteiger charge is -2.20. The highest BCUT2D eigenvalue weighted by atomic mass is 127. The summed E-state index contributed by atoms with van der Waals surface area (Å²) in [5.41, 5.74) is 7.17. The lowest BCUT2D eigenvalue weighted by Crippen LogP contribution is -2.02. The summed E-state index contributed by atoms with van der Waals surface area (Å²) in [6, 6.07) is 4.37. The van der Waals surface area contributed by atoms with Gasteiger partial charge in [0.05, 0.1) is 14.2 Å². The van der Waals surface area contributed by atoms with Gasteiger partial charge >= 0.3 is 0 Å². The van der Waals surface area contributed by atoms with Crippen molar-refractivity contribution >= 4 is 45.2 Å². The predicted octanol–water partition coefficient (Wildman–Crippen LogP) is 5.81. The number of benzene rings is 2. The second kappa shape index (κ2) is 6.95. The molecule has 0 saturated heterocycles. The first kappa shape index (κ1) is 17.8. The molecule has 2 aromatic carbocycles. The topological polar surface area (TPSA) is 18.5 Å². The van der Waals surface area contributed by atoms with Gasteiger partial charge in [0.1, 0.15) is 11.5 Å². The maximum atomic E-state index is 5.62. The lowest BCUT2D eigenvalue weighted by atomic mass is 9.93. The fraction of sp³-hybridized carbons (Fsp3) is 0.333. The standard InChI is InChI=1S/C18H20I2O2/c1-9-7-13(19)15(11(3)17(9)21-5)16-12(4)18(22-6)10(2)8-14(16)20/h7-8H,1-6H3. The van der Waals surface area contributed by atoms with E-state index in [9.17, 15) is 0 Å². The van der Waals surface area contributed by atoms with E-state index >= 15 is 0 Å². The van der Waals surface area contributed by atoms with Gasteiger partial charge in [-0.25, -0.2) is 0 Å². The third-order valence-electron chi connectivity index (χ3n) is 3.97. The number of rotatable bonds is 3. The van der Waals surface area contributed by atoms with Gasteiger partial charge in [0.25, 0.3) is 0 Å². The number of aryl methyl sites for hydroxylation is 2. The van der Waals surface area contributed by atoms with Gasteiger partial charge in [0.2, 0.25) is 0 Å². The smallest absolute Gasteiger partial charge is 0.125 e. The van der Waals surface area contributed by atoms with Crippen molar-refractivity contribution in [3.63, 3.8) is 0 Å². The zero-order valence-corrected chi connectivity index (χ0v) is 18.0. The van der Waals surface area contributed by atoms with Gasteiger partial charge in [-0.1, -0.05) is 0 Å². The molecule has 0 aliphatic rings. The van der Waals surface area contributed by atoms with Crippen molar-refractivity contribution < 1.29 is 9.47 Å². The maximum absolute atomic E-state index is 5.62. The molecule has 0 unspecified atom stereocenters. The van der Waals surface area contributed by atoms with E-state index in [0.29, 0.717) is 0 Å². The van der Waals surface area contributed by atoms with Crippen LogP contribution in [0.5, 0.6) is 11.5 Å². The van der Waals surface area contributed by atoms with Crippen molar-refractivity contribution in [1.82, 2.24) is 0 Å². The SMILES string of the molecule is COc1c(C)cc(I)c(-c2c(I)cc(C)c(OC)c2C)c1C. The van der Waals surface area contributed by atoms with Crippen LogP contribution in [0.25, 0.3) is 11.1 Å². The minimum atomic E-state index is 0.963. The van der Waals surface area contributed by atoms with E-state index in [2.05, 4.69) is 85.0 Å². The van der Waals surface area contributed by atoms with Crippen molar-refractivity contribution in [2.75, 3.05) is 14.2 Å². The number of methoxy groups -OCH3 is 2. The average molecular weight is 522 g/mol. The average Bonchev–Trinajstić information content (AvgIpc) is 2.42. The summed E-state index contributed by atoms with van der Waals surface area (Å²) in [5.74, 6) is 1.93. The van der Waals surface area contributed by atoms with Crippen LogP contribution < -0.4 is 9.47 Å². The number of hydrogen-bond acceptors (Lipinski definition) is 2. The number of ether oxygens (including phenoxy) is 2. The van der Waals surface area contributed by atoms with Gasteiger partial charge in [-0.3, -0.25) is 0 Å². The molecule has 0 bridgehead atoms. The molecule has 2 rings (SSSR count). The van der Waals surface area contributed by atoms with E-state index in [-0.39, 0.29) is 0 Å². The second-order valence-corrected chi connectivity index (χ2v) is 7.74. The van der Waals surface area contributed by atoms with Crippen LogP contribution in [0, 0.1) is 34.8 Å². The van der Waals surface area contributed by atoms with Crippen LogP contribution in [0.1, 0.15) is 22.3 Å². The molecule has 118 valence electrons. The monoisotopic (exact) mass is 522 g/mol. The van der Waals surface area contributed by atoms with Gasteiger partial charge in [-0.05, 0) is 96.1 Å². The Kier molecular flexibility index (Phi) is 5.63. The summed E-state index contributed by atoms with van der Waals surface area (Å²) < 4.78 is 13.7. The highest BCUT2D eigenvalue weighted by molar-refractivity contribution is 14.1. The number of halogens is 2. The molecular weight excluding hydrogens is 502 g/mol. The van der Waals surface area contributed by atoms with Crippen LogP contribution in [0.4, 0.5) is 0 Å². The van der Waals surface area contributed by atoms with Crippen LogP contribution in [-0.2, 0) is 0 Å². The van der Waals surface area contributed by atoms with E-state index in [4.69, 9.17) is 9.47 Å². The Balaban J connectivity index is 2.89. The van der Waals surface area contributed by atoms with E-state index < -0.39 is 0 Å². The Hall–Kier alpha value is -0.500. The molecule has 0 amide bonds. The first-order valence-electron chi connectivity index (χ1n) is 7.01. The van der Waals surface area contributed by atoms with E-state index in [1.807, 2.05) is 0 Å². The largest absolute Gasteiger partial charge is 0.496 e. The van der Waals surface area contributed by atoms with Gasteiger partial charge in [-0.2, -0.15) is 0 Å². The third-order valence-corrected chi connectivity index (χ3v) is 5.67. The molecule has 0 fully saturated rings. The first-order chi connectivity index (χ1) is 10.3. The fourth-order valence-electron chi connectivity index (χ4n) is 3.07. The zero-order valence-electron chi connectivity index (χ0n) is 13.7. The molecule has 0 spiro atoms. The van der Waals surface area contributed by atoms with Crippen LogP contribution >= 0.6 is 45.2 Å². The van der Waals surface area contributed by atoms with Crippen molar-refractivity contribution in [2.24, 2.45) is 0 Å². The van der Waals surface area contributed by atoms with E-state index in [1.165, 1.54) is 40.5 Å². The van der Waals surface area contributed by atoms with Crippen LogP contribution in [-0.4, -0.2) is 14.2 Å². The molecular formula is C18H20I2O2. The van der Waals surface area contributed by atoms with Crippen molar-refractivity contribution in [3.05, 3.63) is 41.5 Å². The minimum Gasteiger partial charge on any atom is -0.496 e. The Morgan fingerprint density at radius 1 is 0.682 bits per heavy atom. The molecule has 22 heavy (non-hydrogen) atoms. The molecule has 0 N–H and O–H groups in total. The van der Waals surface area contributed by atoms with Crippen molar-refractivity contribution in [1.29, 1.82) is 0 Å². The van der Waals surface area contributed by atoms with E-state index in [1.54, 1.807) is 14.2 Å². The molecule has 0 saturated carbocycles. The van der Waals surface area contributed by atoms with Crippen LogP contribution in [0.2, 0.25) is 0 Å². The molecule has 0 aliphatic carbocycles. The summed E-state index contributed by atoms with van der Waals surface area (Å²) in [7, 11) is 3.47. The lowest BCUT2D eigenvalue weighted by molar-refractivity contribution is 0.407. The molecule has 0 heterocycles. The number of hydrogen-bond donors (Lipinski definition) is 0. The molecule has 0 aromatic heterocycles. The molecule has 0 atom stereocenters. The normalized spacial score (nSPS) is 10.7. The third kappa shape index (κ3) is 2.96. The quantitative estimate of drug-likeness (QED) is 0.474. The summed E-state index contributed by atoms with van der Waals surface area (Å²) in [6.45, 7) is 8.44. The summed E-state index contributed by atoms with van der Waals surface area (Å²) in [5, 5.41) is 0. The fourth-order valence-corrected chi connectivity index (χ4v) is 5.36. The Morgan fingerprint density at radius 3 is 1.27 bits per heavy atom. The zero-order chi connectivity index (χ0) is 16.6. The Bertz CT molecular complexity index is 673. The van der Waals surface area contributed by atoms with Gasteiger partial charge < -0.3 is 9.47 Å². The highest BCUT2D eigenvalue weighted by Gasteiger charge is 2.20. The van der Waals surface area contributed by atoms with E-state index in [0.717, 1.165) is 11.5 Å². The Labute approximate surface area is 159 Å². The molecule has 2 aromatic rings. The van der Waals surface area contributed by atoms with Crippen molar-refractivity contribution in [2.45, 2.75) is 27.7 Å². The molecule has 4 heteroatoms. The van der Waals surface area contributed by atoms with Gasteiger partial charge in [0, 0.05) is 29.4 Å². The maximum Gasteiger partial charge on any atom is 0.125 e. The molecule has 0 radical (unpaired) electrons. The highest BCUT2D eigenvalue weighted by Crippen LogP contribution is 2.43. The molecule has 2 nitrogen and oxygen atoms in total. The van der Waals surface area contributed by atoms with Gasteiger partial charge in [-0.15, -0.1) is 0 Å². The Morgan fingerprint density at radius 2 is 1.00 bits per heavy atom. The summed E-state index contributed by atoms with van der Waals surface area (Å²) in [6.07, 6.45) is 0. The minimum absolute atomic E-state index is 0.963. The van der Waals surface area contributed by atoms with Crippen LogP contribution in [0.15, 0.2) is 12.1 Å². The van der Waals surface area contributed by atoms with Crippen LogP contribution in [0.3, 0.4) is 0 Å². The van der Waals surface area contributed by atoms with Gasteiger partial charge in [0.15, 0.2) is 0 Å². The first-order valence-corrected chi connectivity index (χ1v) is 9.16. The summed E-state index contributed by atoms with van der Waals surface area (Å²) >= 11 is 4.83. The summed E-state index contributed by atoms with van der Waals surface area (Å²) in [4.78, 5) is 0. The molecule has 0 aliphatic heterocycles. The van der Waals surface area contributed by atoms with Crippen molar-refractivity contribution in [3.8, 4) is 22.6 Å². The predicted molar refractivity (Wildman–Crippen MR) is 109 cm³/mol. The second-order valence-electron chi connectivity index (χ2n) is 5.42.